The highest BCUT2D eigenvalue weighted by Crippen LogP contribution is 2.25. The summed E-state index contributed by atoms with van der Waals surface area (Å²) in [6.07, 6.45) is 5.36. The Labute approximate surface area is 121 Å². The maximum absolute atomic E-state index is 11.1. The minimum atomic E-state index is -0.281. The molecule has 0 saturated heterocycles. The second-order valence-corrected chi connectivity index (χ2v) is 5.32. The normalized spacial score (nSPS) is 12.6. The van der Waals surface area contributed by atoms with E-state index in [1.807, 2.05) is 19.2 Å². The number of nitro groups is 1. The van der Waals surface area contributed by atoms with E-state index in [9.17, 15) is 10.1 Å². The molecule has 20 heavy (non-hydrogen) atoms. The molecule has 1 N–H and O–H groups in total. The molecule has 1 aromatic carbocycles. The van der Waals surface area contributed by atoms with Crippen molar-refractivity contribution in [3.05, 3.63) is 39.9 Å². The van der Waals surface area contributed by atoms with Gasteiger partial charge in [-0.2, -0.15) is 0 Å². The first kappa shape index (κ1) is 16.6. The lowest BCUT2D eigenvalue weighted by atomic mass is 9.86. The third-order valence-electron chi connectivity index (χ3n) is 3.89. The van der Waals surface area contributed by atoms with Crippen molar-refractivity contribution >= 4 is 5.69 Å². The van der Waals surface area contributed by atoms with Crippen molar-refractivity contribution in [2.75, 3.05) is 7.05 Å². The Morgan fingerprint density at radius 1 is 1.20 bits per heavy atom. The van der Waals surface area contributed by atoms with E-state index in [4.69, 9.17) is 0 Å². The molecule has 0 fully saturated rings. The van der Waals surface area contributed by atoms with Crippen LogP contribution in [0.3, 0.4) is 0 Å². The Kier molecular flexibility index (Phi) is 7.23. The largest absolute Gasteiger partial charge is 0.316 e. The average molecular weight is 278 g/mol. The molecule has 0 amide bonds. The van der Waals surface area contributed by atoms with Crippen molar-refractivity contribution in [3.63, 3.8) is 0 Å². The molecule has 0 heterocycles. The third-order valence-corrected chi connectivity index (χ3v) is 3.89. The standard InChI is InChI=1S/C16H26N2O2/c1-4-8-13(9-5-2)15(17-3)12-14-10-6-7-11-16(14)18(19)20/h6-7,10-11,13,15,17H,4-5,8-9,12H2,1-3H3. The summed E-state index contributed by atoms with van der Waals surface area (Å²) >= 11 is 0. The van der Waals surface area contributed by atoms with Crippen LogP contribution in [0.25, 0.3) is 0 Å². The van der Waals surface area contributed by atoms with Crippen LogP contribution in [0.2, 0.25) is 0 Å². The van der Waals surface area contributed by atoms with Crippen molar-refractivity contribution < 1.29 is 4.92 Å². The summed E-state index contributed by atoms with van der Waals surface area (Å²) in [7, 11) is 1.96. The van der Waals surface area contributed by atoms with Gasteiger partial charge in [0.15, 0.2) is 0 Å². The molecule has 1 unspecified atom stereocenters. The van der Waals surface area contributed by atoms with E-state index in [0.29, 0.717) is 12.0 Å². The molecular formula is C16H26N2O2. The fourth-order valence-electron chi connectivity index (χ4n) is 2.89. The fourth-order valence-corrected chi connectivity index (χ4v) is 2.89. The van der Waals surface area contributed by atoms with Crippen molar-refractivity contribution in [1.29, 1.82) is 0 Å². The lowest BCUT2D eigenvalue weighted by Crippen LogP contribution is -2.35. The highest BCUT2D eigenvalue weighted by molar-refractivity contribution is 5.40. The first-order valence-electron chi connectivity index (χ1n) is 7.53. The Morgan fingerprint density at radius 2 is 1.80 bits per heavy atom. The second kappa shape index (κ2) is 8.69. The maximum Gasteiger partial charge on any atom is 0.272 e. The molecule has 0 spiro atoms. The predicted molar refractivity (Wildman–Crippen MR) is 83.0 cm³/mol. The maximum atomic E-state index is 11.1. The summed E-state index contributed by atoms with van der Waals surface area (Å²) in [5, 5.41) is 14.5. The monoisotopic (exact) mass is 278 g/mol. The molecule has 4 nitrogen and oxygen atoms in total. The van der Waals surface area contributed by atoms with Crippen LogP contribution in [0, 0.1) is 16.0 Å². The van der Waals surface area contributed by atoms with Crippen LogP contribution in [-0.2, 0) is 6.42 Å². The van der Waals surface area contributed by atoms with Gasteiger partial charge in [-0.3, -0.25) is 10.1 Å². The van der Waals surface area contributed by atoms with Gasteiger partial charge in [-0.25, -0.2) is 0 Å². The van der Waals surface area contributed by atoms with Gasteiger partial charge < -0.3 is 5.32 Å². The zero-order valence-corrected chi connectivity index (χ0v) is 12.8. The van der Waals surface area contributed by atoms with E-state index in [1.54, 1.807) is 12.1 Å². The summed E-state index contributed by atoms with van der Waals surface area (Å²) < 4.78 is 0. The number of para-hydroxylation sites is 1. The Hall–Kier alpha value is -1.42. The van der Waals surface area contributed by atoms with Gasteiger partial charge in [-0.15, -0.1) is 0 Å². The SMILES string of the molecule is CCCC(CCC)C(Cc1ccccc1[N+](=O)[O-])NC. The van der Waals surface area contributed by atoms with Gasteiger partial charge in [0.1, 0.15) is 0 Å². The van der Waals surface area contributed by atoms with Crippen LogP contribution in [0.5, 0.6) is 0 Å². The van der Waals surface area contributed by atoms with Crippen LogP contribution in [0.15, 0.2) is 24.3 Å². The number of benzene rings is 1. The van der Waals surface area contributed by atoms with Gasteiger partial charge in [0, 0.05) is 17.7 Å². The zero-order valence-electron chi connectivity index (χ0n) is 12.8. The van der Waals surface area contributed by atoms with Crippen LogP contribution in [0.4, 0.5) is 5.69 Å². The summed E-state index contributed by atoms with van der Waals surface area (Å²) in [4.78, 5) is 10.8. The van der Waals surface area contributed by atoms with Gasteiger partial charge in [0.2, 0.25) is 0 Å². The molecule has 112 valence electrons. The van der Waals surface area contributed by atoms with E-state index in [2.05, 4.69) is 19.2 Å². The van der Waals surface area contributed by atoms with Crippen molar-refractivity contribution in [2.45, 2.75) is 52.0 Å². The quantitative estimate of drug-likeness (QED) is 0.550. The molecule has 0 saturated carbocycles. The molecule has 1 rings (SSSR count). The van der Waals surface area contributed by atoms with E-state index < -0.39 is 0 Å². The average Bonchev–Trinajstić information content (AvgIpc) is 2.45. The molecular weight excluding hydrogens is 252 g/mol. The molecule has 0 aliphatic heterocycles. The number of nitrogens with one attached hydrogen (secondary N) is 1. The predicted octanol–water partition coefficient (Wildman–Crippen LogP) is 3.94. The summed E-state index contributed by atoms with van der Waals surface area (Å²) in [6, 6.07) is 7.37. The number of hydrogen-bond donors (Lipinski definition) is 1. The summed E-state index contributed by atoms with van der Waals surface area (Å²) in [6.45, 7) is 4.39. The zero-order chi connectivity index (χ0) is 15.0. The number of nitro benzene ring substituents is 1. The van der Waals surface area contributed by atoms with Crippen LogP contribution < -0.4 is 5.32 Å². The number of hydrogen-bond acceptors (Lipinski definition) is 3. The number of likely N-dealkylation sites (N-methyl/N-ethyl adjacent to an activating group) is 1. The second-order valence-electron chi connectivity index (χ2n) is 5.32. The number of nitrogens with zero attached hydrogens (tertiary/aromatic N) is 1. The molecule has 1 aromatic rings. The van der Waals surface area contributed by atoms with Gasteiger partial charge in [0.05, 0.1) is 4.92 Å². The summed E-state index contributed by atoms with van der Waals surface area (Å²) in [5.41, 5.74) is 1.06. The van der Waals surface area contributed by atoms with Gasteiger partial charge in [-0.1, -0.05) is 44.9 Å². The Balaban J connectivity index is 2.89. The molecule has 0 bridgehead atoms. The first-order chi connectivity index (χ1) is 9.63. The fraction of sp³-hybridized carbons (Fsp3) is 0.625. The topological polar surface area (TPSA) is 55.2 Å². The molecule has 1 atom stereocenters. The van der Waals surface area contributed by atoms with Crippen LogP contribution in [-0.4, -0.2) is 18.0 Å². The van der Waals surface area contributed by atoms with Gasteiger partial charge in [0.25, 0.3) is 5.69 Å². The lowest BCUT2D eigenvalue weighted by Gasteiger charge is -2.26. The smallest absolute Gasteiger partial charge is 0.272 e. The molecule has 0 aromatic heterocycles. The van der Waals surface area contributed by atoms with E-state index in [0.717, 1.165) is 24.8 Å². The molecule has 4 heteroatoms. The Morgan fingerprint density at radius 3 is 2.30 bits per heavy atom. The molecule has 0 aliphatic carbocycles. The summed E-state index contributed by atoms with van der Waals surface area (Å²) in [5.74, 6) is 0.579. The molecule has 0 aliphatic rings. The highest BCUT2D eigenvalue weighted by Gasteiger charge is 2.22. The van der Waals surface area contributed by atoms with Crippen LogP contribution >= 0.6 is 0 Å². The molecule has 0 radical (unpaired) electrons. The minimum Gasteiger partial charge on any atom is -0.316 e. The first-order valence-corrected chi connectivity index (χ1v) is 7.53. The van der Waals surface area contributed by atoms with Gasteiger partial charge >= 0.3 is 0 Å². The minimum absolute atomic E-state index is 0.236. The van der Waals surface area contributed by atoms with Crippen LogP contribution in [0.1, 0.15) is 45.1 Å². The van der Waals surface area contributed by atoms with E-state index in [-0.39, 0.29) is 10.6 Å². The Bertz CT molecular complexity index is 415. The van der Waals surface area contributed by atoms with Crippen molar-refractivity contribution in [3.8, 4) is 0 Å². The van der Waals surface area contributed by atoms with E-state index in [1.165, 1.54) is 12.8 Å². The number of rotatable bonds is 9. The van der Waals surface area contributed by atoms with Gasteiger partial charge in [-0.05, 0) is 32.2 Å². The highest BCUT2D eigenvalue weighted by atomic mass is 16.6. The lowest BCUT2D eigenvalue weighted by molar-refractivity contribution is -0.385. The van der Waals surface area contributed by atoms with Crippen molar-refractivity contribution in [2.24, 2.45) is 5.92 Å². The van der Waals surface area contributed by atoms with Crippen molar-refractivity contribution in [1.82, 2.24) is 5.32 Å². The van der Waals surface area contributed by atoms with E-state index >= 15 is 0 Å². The third kappa shape index (κ3) is 4.60.